The smallest absolute Gasteiger partial charge is 0.254 e. The average molecular weight is 422 g/mol. The zero-order valence-electron chi connectivity index (χ0n) is 17.2. The standard InChI is InChI=1S/C22H22N4O5/c1-12-13(2)24-17-9-14(3-4-16(17)23-12)21(30)25-5-7-26(8-6-25)22(31)15-10-18(27)20(29)19(28)11-15/h3-4,9-11,27-29H,5-8H2,1-2H3. The number of benzene rings is 2. The predicted octanol–water partition coefficient (Wildman–Crippen LogP) is 1.96. The van der Waals surface area contributed by atoms with E-state index < -0.39 is 23.2 Å². The molecule has 1 aliphatic heterocycles. The molecule has 2 heterocycles. The number of aryl methyl sites for hydroxylation is 2. The number of amides is 2. The summed E-state index contributed by atoms with van der Waals surface area (Å²) in [6.45, 7) is 5.06. The molecule has 3 N–H and O–H groups in total. The van der Waals surface area contributed by atoms with E-state index in [1.165, 1.54) is 4.90 Å². The molecule has 2 amide bonds. The number of hydrogen-bond donors (Lipinski definition) is 3. The number of piperazine rings is 1. The molecular weight excluding hydrogens is 400 g/mol. The van der Waals surface area contributed by atoms with Crippen LogP contribution in [0.15, 0.2) is 30.3 Å². The fourth-order valence-electron chi connectivity index (χ4n) is 3.57. The molecule has 0 atom stereocenters. The first kappa shape index (κ1) is 20.4. The molecule has 0 radical (unpaired) electrons. The van der Waals surface area contributed by atoms with Crippen LogP contribution in [0.25, 0.3) is 11.0 Å². The second-order valence-corrected chi connectivity index (χ2v) is 7.55. The van der Waals surface area contributed by atoms with Gasteiger partial charge in [0.1, 0.15) is 0 Å². The van der Waals surface area contributed by atoms with Gasteiger partial charge in [-0.1, -0.05) is 0 Å². The second kappa shape index (κ2) is 7.75. The fraction of sp³-hybridized carbons (Fsp3) is 0.273. The number of aromatic hydroxyl groups is 3. The van der Waals surface area contributed by atoms with Gasteiger partial charge < -0.3 is 25.1 Å². The van der Waals surface area contributed by atoms with Crippen molar-refractivity contribution in [2.75, 3.05) is 26.2 Å². The van der Waals surface area contributed by atoms with Crippen LogP contribution in [0.3, 0.4) is 0 Å². The minimum atomic E-state index is -0.669. The van der Waals surface area contributed by atoms with Crippen molar-refractivity contribution in [1.29, 1.82) is 0 Å². The third-order valence-corrected chi connectivity index (χ3v) is 5.49. The highest BCUT2D eigenvalue weighted by Gasteiger charge is 2.26. The molecule has 4 rings (SSSR count). The highest BCUT2D eigenvalue weighted by Crippen LogP contribution is 2.35. The van der Waals surface area contributed by atoms with Gasteiger partial charge in [-0.2, -0.15) is 0 Å². The summed E-state index contributed by atoms with van der Waals surface area (Å²) in [4.78, 5) is 37.8. The first-order valence-electron chi connectivity index (χ1n) is 9.83. The van der Waals surface area contributed by atoms with Crippen molar-refractivity contribution in [3.05, 3.63) is 52.8 Å². The van der Waals surface area contributed by atoms with Crippen molar-refractivity contribution in [2.45, 2.75) is 13.8 Å². The molecule has 0 spiro atoms. The van der Waals surface area contributed by atoms with Crippen LogP contribution in [0.5, 0.6) is 17.2 Å². The lowest BCUT2D eigenvalue weighted by Crippen LogP contribution is -2.50. The lowest BCUT2D eigenvalue weighted by Gasteiger charge is -2.35. The van der Waals surface area contributed by atoms with Gasteiger partial charge in [0.15, 0.2) is 17.2 Å². The maximum atomic E-state index is 12.9. The van der Waals surface area contributed by atoms with Gasteiger partial charge in [0.05, 0.1) is 22.4 Å². The molecule has 1 aromatic heterocycles. The molecule has 0 aliphatic carbocycles. The quantitative estimate of drug-likeness (QED) is 0.539. The number of carbonyl (C=O) groups excluding carboxylic acids is 2. The molecule has 1 saturated heterocycles. The minimum absolute atomic E-state index is 0.0614. The summed E-state index contributed by atoms with van der Waals surface area (Å²) >= 11 is 0. The summed E-state index contributed by atoms with van der Waals surface area (Å²) in [5.41, 5.74) is 3.63. The molecule has 2 aromatic carbocycles. The summed E-state index contributed by atoms with van der Waals surface area (Å²) in [6, 6.07) is 7.46. The van der Waals surface area contributed by atoms with Crippen molar-refractivity contribution in [3.8, 4) is 17.2 Å². The predicted molar refractivity (Wildman–Crippen MR) is 112 cm³/mol. The Hall–Kier alpha value is -3.88. The summed E-state index contributed by atoms with van der Waals surface area (Å²) < 4.78 is 0. The molecule has 160 valence electrons. The van der Waals surface area contributed by atoms with Gasteiger partial charge >= 0.3 is 0 Å². The van der Waals surface area contributed by atoms with Crippen LogP contribution in [0.1, 0.15) is 32.1 Å². The third kappa shape index (κ3) is 3.81. The van der Waals surface area contributed by atoms with Crippen molar-refractivity contribution in [2.24, 2.45) is 0 Å². The number of rotatable bonds is 2. The minimum Gasteiger partial charge on any atom is -0.504 e. The van der Waals surface area contributed by atoms with Gasteiger partial charge in [-0.25, -0.2) is 9.97 Å². The maximum absolute atomic E-state index is 12.9. The fourth-order valence-corrected chi connectivity index (χ4v) is 3.57. The average Bonchev–Trinajstić information content (AvgIpc) is 2.76. The summed E-state index contributed by atoms with van der Waals surface area (Å²) in [7, 11) is 0. The number of carbonyl (C=O) groups is 2. The largest absolute Gasteiger partial charge is 0.504 e. The lowest BCUT2D eigenvalue weighted by molar-refractivity contribution is 0.0535. The van der Waals surface area contributed by atoms with Crippen LogP contribution in [0.2, 0.25) is 0 Å². The van der Waals surface area contributed by atoms with Crippen LogP contribution in [0, 0.1) is 13.8 Å². The van der Waals surface area contributed by atoms with Gasteiger partial charge in [-0.05, 0) is 44.2 Å². The van der Waals surface area contributed by atoms with E-state index in [0.29, 0.717) is 37.3 Å². The molecule has 9 heteroatoms. The van der Waals surface area contributed by atoms with Gasteiger partial charge in [0.25, 0.3) is 11.8 Å². The molecule has 1 aliphatic rings. The number of aromatic nitrogens is 2. The van der Waals surface area contributed by atoms with Crippen molar-refractivity contribution in [1.82, 2.24) is 19.8 Å². The summed E-state index contributed by atoms with van der Waals surface area (Å²) in [6.07, 6.45) is 0. The molecule has 1 fully saturated rings. The van der Waals surface area contributed by atoms with E-state index in [1.54, 1.807) is 23.1 Å². The molecule has 3 aromatic rings. The Labute approximate surface area is 178 Å². The molecule has 31 heavy (non-hydrogen) atoms. The Kier molecular flexibility index (Phi) is 5.10. The highest BCUT2D eigenvalue weighted by molar-refractivity contribution is 5.98. The number of fused-ring (bicyclic) bond motifs is 1. The Morgan fingerprint density at radius 2 is 1.23 bits per heavy atom. The highest BCUT2D eigenvalue weighted by atomic mass is 16.3. The molecule has 9 nitrogen and oxygen atoms in total. The van der Waals surface area contributed by atoms with Crippen LogP contribution in [-0.4, -0.2) is 73.1 Å². The Bertz CT molecular complexity index is 1180. The third-order valence-electron chi connectivity index (χ3n) is 5.49. The molecule has 0 bridgehead atoms. The molecule has 0 saturated carbocycles. The Morgan fingerprint density at radius 3 is 1.77 bits per heavy atom. The monoisotopic (exact) mass is 422 g/mol. The maximum Gasteiger partial charge on any atom is 0.254 e. The topological polar surface area (TPSA) is 127 Å². The van der Waals surface area contributed by atoms with Gasteiger partial charge in [-0.15, -0.1) is 0 Å². The number of phenols is 3. The van der Waals surface area contributed by atoms with Crippen molar-refractivity contribution in [3.63, 3.8) is 0 Å². The first-order chi connectivity index (χ1) is 14.7. The van der Waals surface area contributed by atoms with Gasteiger partial charge in [-0.3, -0.25) is 9.59 Å². The van der Waals surface area contributed by atoms with Crippen molar-refractivity contribution < 1.29 is 24.9 Å². The molecule has 0 unspecified atom stereocenters. The summed E-state index contributed by atoms with van der Waals surface area (Å²) in [5.74, 6) is -2.35. The van der Waals surface area contributed by atoms with E-state index in [2.05, 4.69) is 9.97 Å². The van der Waals surface area contributed by atoms with Gasteiger partial charge in [0, 0.05) is 37.3 Å². The Balaban J connectivity index is 1.46. The number of phenolic OH excluding ortho intramolecular Hbond substituents is 3. The van der Waals surface area contributed by atoms with E-state index in [0.717, 1.165) is 29.0 Å². The normalized spacial score (nSPS) is 14.1. The second-order valence-electron chi connectivity index (χ2n) is 7.55. The molecular formula is C22H22N4O5. The lowest BCUT2D eigenvalue weighted by atomic mass is 10.1. The van der Waals surface area contributed by atoms with Crippen LogP contribution in [-0.2, 0) is 0 Å². The van der Waals surface area contributed by atoms with E-state index >= 15 is 0 Å². The zero-order chi connectivity index (χ0) is 22.3. The number of hydrogen-bond acceptors (Lipinski definition) is 7. The number of nitrogens with zero attached hydrogens (tertiary/aromatic N) is 4. The van der Waals surface area contributed by atoms with Crippen LogP contribution in [0.4, 0.5) is 0 Å². The van der Waals surface area contributed by atoms with Crippen molar-refractivity contribution >= 4 is 22.8 Å². The first-order valence-corrected chi connectivity index (χ1v) is 9.83. The van der Waals surface area contributed by atoms with Gasteiger partial charge in [0.2, 0.25) is 0 Å². The van der Waals surface area contributed by atoms with E-state index in [1.807, 2.05) is 13.8 Å². The SMILES string of the molecule is Cc1nc2ccc(C(=O)N3CCN(C(=O)c4cc(O)c(O)c(O)c4)CC3)cc2nc1C. The Morgan fingerprint density at radius 1 is 0.742 bits per heavy atom. The summed E-state index contributed by atoms with van der Waals surface area (Å²) in [5, 5.41) is 28.7. The zero-order valence-corrected chi connectivity index (χ0v) is 17.2. The van der Waals surface area contributed by atoms with E-state index in [-0.39, 0.29) is 11.5 Å². The van der Waals surface area contributed by atoms with Crippen LogP contribution >= 0.6 is 0 Å². The van der Waals surface area contributed by atoms with E-state index in [4.69, 9.17) is 0 Å². The van der Waals surface area contributed by atoms with E-state index in [9.17, 15) is 24.9 Å². The van der Waals surface area contributed by atoms with Crippen LogP contribution < -0.4 is 0 Å².